The van der Waals surface area contributed by atoms with E-state index < -0.39 is 0 Å². The van der Waals surface area contributed by atoms with Gasteiger partial charge in [0, 0.05) is 17.6 Å². The molecule has 0 aliphatic heterocycles. The van der Waals surface area contributed by atoms with E-state index in [0.717, 1.165) is 16.7 Å². The van der Waals surface area contributed by atoms with Crippen LogP contribution in [0.25, 0.3) is 0 Å². The molecule has 3 N–H and O–H groups in total. The van der Waals surface area contributed by atoms with E-state index >= 15 is 0 Å². The van der Waals surface area contributed by atoms with E-state index in [1.807, 2.05) is 45.9 Å². The van der Waals surface area contributed by atoms with Crippen LogP contribution in [0.1, 0.15) is 35.3 Å². The van der Waals surface area contributed by atoms with Crippen LogP contribution >= 0.6 is 12.4 Å². The molecule has 3 nitrogen and oxygen atoms in total. The van der Waals surface area contributed by atoms with Gasteiger partial charge in [0.25, 0.3) is 5.91 Å². The molecule has 0 aliphatic carbocycles. The van der Waals surface area contributed by atoms with Gasteiger partial charge >= 0.3 is 0 Å². The summed E-state index contributed by atoms with van der Waals surface area (Å²) in [4.78, 5) is 11.9. The number of aryl methyl sites for hydroxylation is 2. The number of carbonyl (C=O) groups excluding carboxylic acids is 1. The van der Waals surface area contributed by atoms with Gasteiger partial charge in [-0.05, 0) is 39.3 Å². The van der Waals surface area contributed by atoms with Crippen LogP contribution in [0.3, 0.4) is 0 Å². The van der Waals surface area contributed by atoms with E-state index in [-0.39, 0.29) is 23.9 Å². The third-order valence-electron chi connectivity index (χ3n) is 2.33. The molecule has 0 aliphatic rings. The SMILES string of the molecule is Cc1ccc(C(=O)NCC(C)(C)N)c(C)c1.Cl. The Labute approximate surface area is 109 Å². The minimum atomic E-state index is -0.381. The maximum absolute atomic E-state index is 11.9. The molecule has 4 heteroatoms. The Morgan fingerprint density at radius 3 is 2.41 bits per heavy atom. The Morgan fingerprint density at radius 1 is 1.35 bits per heavy atom. The van der Waals surface area contributed by atoms with Crippen LogP contribution in [0, 0.1) is 13.8 Å². The number of nitrogens with two attached hydrogens (primary N) is 1. The molecule has 0 saturated carbocycles. The van der Waals surface area contributed by atoms with Crippen LogP contribution < -0.4 is 11.1 Å². The molecule has 0 unspecified atom stereocenters. The minimum Gasteiger partial charge on any atom is -0.350 e. The van der Waals surface area contributed by atoms with Gasteiger partial charge in [-0.25, -0.2) is 0 Å². The Kier molecular flexibility index (Phi) is 5.66. The Bertz CT molecular complexity index is 397. The molecule has 1 amide bonds. The van der Waals surface area contributed by atoms with Crippen LogP contribution in [0.5, 0.6) is 0 Å². The van der Waals surface area contributed by atoms with Crippen molar-refractivity contribution in [1.82, 2.24) is 5.32 Å². The third-order valence-corrected chi connectivity index (χ3v) is 2.33. The largest absolute Gasteiger partial charge is 0.350 e. The zero-order valence-corrected chi connectivity index (χ0v) is 11.6. The monoisotopic (exact) mass is 256 g/mol. The molecule has 17 heavy (non-hydrogen) atoms. The fraction of sp³-hybridized carbons (Fsp3) is 0.462. The molecule has 96 valence electrons. The molecule has 1 aromatic rings. The van der Waals surface area contributed by atoms with Crippen molar-refractivity contribution in [3.63, 3.8) is 0 Å². The van der Waals surface area contributed by atoms with Gasteiger partial charge in [0.15, 0.2) is 0 Å². The summed E-state index contributed by atoms with van der Waals surface area (Å²) >= 11 is 0. The highest BCUT2D eigenvalue weighted by molar-refractivity contribution is 5.95. The summed E-state index contributed by atoms with van der Waals surface area (Å²) in [7, 11) is 0. The van der Waals surface area contributed by atoms with Crippen molar-refractivity contribution in [2.45, 2.75) is 33.2 Å². The highest BCUT2D eigenvalue weighted by Gasteiger charge is 2.14. The van der Waals surface area contributed by atoms with Gasteiger partial charge in [-0.3, -0.25) is 4.79 Å². The summed E-state index contributed by atoms with van der Waals surface area (Å²) in [5.74, 6) is -0.0592. The number of halogens is 1. The first-order valence-corrected chi connectivity index (χ1v) is 5.44. The van der Waals surface area contributed by atoms with Crippen molar-refractivity contribution >= 4 is 18.3 Å². The first kappa shape index (κ1) is 15.9. The molecule has 0 bridgehead atoms. The molecule has 0 aromatic heterocycles. The second-order valence-electron chi connectivity index (χ2n) is 4.99. The standard InChI is InChI=1S/C13H20N2O.ClH/c1-9-5-6-11(10(2)7-9)12(16)15-8-13(3,4)14;/h5-7H,8,14H2,1-4H3,(H,15,16);1H. The summed E-state index contributed by atoms with van der Waals surface area (Å²) in [5.41, 5.74) is 8.30. The lowest BCUT2D eigenvalue weighted by Gasteiger charge is -2.19. The van der Waals surface area contributed by atoms with Crippen LogP contribution in [0.2, 0.25) is 0 Å². The van der Waals surface area contributed by atoms with E-state index in [1.165, 1.54) is 0 Å². The summed E-state index contributed by atoms with van der Waals surface area (Å²) in [5, 5.41) is 2.84. The van der Waals surface area contributed by atoms with Crippen LogP contribution in [0.4, 0.5) is 0 Å². The van der Waals surface area contributed by atoms with Gasteiger partial charge in [-0.15, -0.1) is 12.4 Å². The first-order chi connectivity index (χ1) is 7.29. The molecule has 1 rings (SSSR count). The van der Waals surface area contributed by atoms with E-state index in [9.17, 15) is 4.79 Å². The molecule has 1 aromatic carbocycles. The molecule has 0 spiro atoms. The lowest BCUT2D eigenvalue weighted by atomic mass is 10.0. The van der Waals surface area contributed by atoms with E-state index in [2.05, 4.69) is 5.32 Å². The minimum absolute atomic E-state index is 0. The van der Waals surface area contributed by atoms with E-state index in [0.29, 0.717) is 6.54 Å². The Morgan fingerprint density at radius 2 is 1.94 bits per heavy atom. The number of hydrogen-bond acceptors (Lipinski definition) is 2. The van der Waals surface area contributed by atoms with Gasteiger partial charge in [0.2, 0.25) is 0 Å². The Balaban J connectivity index is 0.00000256. The van der Waals surface area contributed by atoms with Gasteiger partial charge in [0.1, 0.15) is 0 Å². The van der Waals surface area contributed by atoms with Gasteiger partial charge in [-0.1, -0.05) is 17.7 Å². The van der Waals surface area contributed by atoms with Gasteiger partial charge in [0.05, 0.1) is 0 Å². The van der Waals surface area contributed by atoms with Crippen molar-refractivity contribution < 1.29 is 4.79 Å². The summed E-state index contributed by atoms with van der Waals surface area (Å²) in [6.45, 7) is 8.19. The molecular weight excluding hydrogens is 236 g/mol. The zero-order chi connectivity index (χ0) is 12.3. The average molecular weight is 257 g/mol. The summed E-state index contributed by atoms with van der Waals surface area (Å²) in [6.07, 6.45) is 0. The Hall–Kier alpha value is -1.06. The second kappa shape index (κ2) is 6.03. The number of carbonyl (C=O) groups is 1. The number of hydrogen-bond donors (Lipinski definition) is 2. The first-order valence-electron chi connectivity index (χ1n) is 5.44. The van der Waals surface area contributed by atoms with Crippen LogP contribution in [0.15, 0.2) is 18.2 Å². The highest BCUT2D eigenvalue weighted by atomic mass is 35.5. The number of rotatable bonds is 3. The average Bonchev–Trinajstić information content (AvgIpc) is 2.13. The number of benzene rings is 1. The predicted molar refractivity (Wildman–Crippen MR) is 73.8 cm³/mol. The smallest absolute Gasteiger partial charge is 0.251 e. The fourth-order valence-electron chi connectivity index (χ4n) is 1.47. The summed E-state index contributed by atoms with van der Waals surface area (Å²) < 4.78 is 0. The highest BCUT2D eigenvalue weighted by Crippen LogP contribution is 2.10. The van der Waals surface area contributed by atoms with Crippen molar-refractivity contribution in [1.29, 1.82) is 0 Å². The lowest BCUT2D eigenvalue weighted by Crippen LogP contribution is -2.45. The fourth-order valence-corrected chi connectivity index (χ4v) is 1.47. The third kappa shape index (κ3) is 5.20. The molecule has 0 atom stereocenters. The van der Waals surface area contributed by atoms with E-state index in [4.69, 9.17) is 5.73 Å². The second-order valence-corrected chi connectivity index (χ2v) is 4.99. The topological polar surface area (TPSA) is 55.1 Å². The summed E-state index contributed by atoms with van der Waals surface area (Å²) in [6, 6.07) is 5.79. The molecule has 0 saturated heterocycles. The molecular formula is C13H21ClN2O. The predicted octanol–water partition coefficient (Wildman–Crippen LogP) is 2.19. The maximum Gasteiger partial charge on any atom is 0.251 e. The van der Waals surface area contributed by atoms with Crippen LogP contribution in [-0.4, -0.2) is 18.0 Å². The van der Waals surface area contributed by atoms with Gasteiger partial charge in [-0.2, -0.15) is 0 Å². The van der Waals surface area contributed by atoms with Crippen LogP contribution in [-0.2, 0) is 0 Å². The van der Waals surface area contributed by atoms with E-state index in [1.54, 1.807) is 0 Å². The molecule has 0 heterocycles. The normalized spacial score (nSPS) is 10.6. The number of nitrogens with one attached hydrogen (secondary N) is 1. The lowest BCUT2D eigenvalue weighted by molar-refractivity contribution is 0.0945. The zero-order valence-electron chi connectivity index (χ0n) is 10.8. The molecule has 0 radical (unpaired) electrons. The van der Waals surface area contributed by atoms with Crippen molar-refractivity contribution in [2.75, 3.05) is 6.54 Å². The molecule has 0 fully saturated rings. The van der Waals surface area contributed by atoms with Crippen molar-refractivity contribution in [2.24, 2.45) is 5.73 Å². The van der Waals surface area contributed by atoms with Crippen molar-refractivity contribution in [3.8, 4) is 0 Å². The quantitative estimate of drug-likeness (QED) is 0.871. The maximum atomic E-state index is 11.9. The van der Waals surface area contributed by atoms with Crippen molar-refractivity contribution in [3.05, 3.63) is 34.9 Å². The number of amides is 1. The van der Waals surface area contributed by atoms with Gasteiger partial charge < -0.3 is 11.1 Å².